The summed E-state index contributed by atoms with van der Waals surface area (Å²) < 4.78 is 4.27. The van der Waals surface area contributed by atoms with Gasteiger partial charge in [0, 0.05) is 12.2 Å². The second kappa shape index (κ2) is 4.98. The van der Waals surface area contributed by atoms with Crippen molar-refractivity contribution in [1.29, 1.82) is 5.41 Å². The first-order valence-corrected chi connectivity index (χ1v) is 4.02. The highest BCUT2D eigenvalue weighted by Gasteiger charge is 2.00. The summed E-state index contributed by atoms with van der Waals surface area (Å²) in [4.78, 5) is 10.9. The molecule has 0 heterocycles. The molecule has 0 aromatic heterocycles. The molecule has 5 nitrogen and oxygen atoms in total. The number of carbonyl (C=O) groups excluding carboxylic acids is 1. The van der Waals surface area contributed by atoms with Gasteiger partial charge in [-0.2, -0.15) is 0 Å². The molecule has 0 radical (unpaired) electrons. The highest BCUT2D eigenvalue weighted by molar-refractivity contribution is 5.88. The normalized spacial score (nSPS) is 9.21. The van der Waals surface area contributed by atoms with E-state index in [9.17, 15) is 4.79 Å². The molecule has 0 spiro atoms. The van der Waals surface area contributed by atoms with Crippen molar-refractivity contribution in [3.05, 3.63) is 29.8 Å². The van der Waals surface area contributed by atoms with Gasteiger partial charge >= 0.3 is 6.09 Å². The Morgan fingerprint density at radius 3 is 2.64 bits per heavy atom. The summed E-state index contributed by atoms with van der Waals surface area (Å²) >= 11 is 0. The molecule has 74 valence electrons. The van der Waals surface area contributed by atoms with Crippen LogP contribution in [0, 0.1) is 5.41 Å². The van der Waals surface area contributed by atoms with E-state index in [4.69, 9.17) is 11.1 Å². The molecule has 4 N–H and O–H groups in total. The minimum Gasteiger partial charge on any atom is -0.399 e. The molecule has 0 fully saturated rings. The minimum atomic E-state index is -0.680. The lowest BCUT2D eigenvalue weighted by Gasteiger charge is -2.03. The molecule has 14 heavy (non-hydrogen) atoms. The van der Waals surface area contributed by atoms with Crippen LogP contribution in [-0.4, -0.2) is 12.5 Å². The fourth-order valence-electron chi connectivity index (χ4n) is 0.925. The Morgan fingerprint density at radius 1 is 1.50 bits per heavy atom. The number of ether oxygens (including phenoxy) is 1. The Balaban J connectivity index is 2.59. The van der Waals surface area contributed by atoms with E-state index in [1.54, 1.807) is 24.3 Å². The third-order valence-corrected chi connectivity index (χ3v) is 1.60. The number of rotatable bonds is 3. The van der Waals surface area contributed by atoms with Crippen LogP contribution < -0.4 is 11.1 Å². The van der Waals surface area contributed by atoms with Gasteiger partial charge in [-0.15, -0.1) is 0 Å². The molecule has 0 unspecified atom stereocenters. The first kappa shape index (κ1) is 10.2. The van der Waals surface area contributed by atoms with E-state index in [2.05, 4.69) is 10.1 Å². The Kier molecular flexibility index (Phi) is 3.63. The number of nitrogens with two attached hydrogens (primary N) is 1. The molecular weight excluding hydrogens is 182 g/mol. The maximum Gasteiger partial charge on any atom is 0.417 e. The average Bonchev–Trinajstić information content (AvgIpc) is 2.19. The lowest BCUT2D eigenvalue weighted by molar-refractivity contribution is 0.214. The van der Waals surface area contributed by atoms with Gasteiger partial charge in [0.1, 0.15) is 0 Å². The summed E-state index contributed by atoms with van der Waals surface area (Å²) in [6.07, 6.45) is -0.107. The zero-order valence-corrected chi connectivity index (χ0v) is 7.49. The predicted octanol–water partition coefficient (Wildman–Crippen LogP) is 1.30. The molecule has 0 aliphatic rings. The van der Waals surface area contributed by atoms with Gasteiger partial charge in [0.15, 0.2) is 6.40 Å². The van der Waals surface area contributed by atoms with E-state index in [0.29, 0.717) is 18.6 Å². The molecule has 1 amide bonds. The summed E-state index contributed by atoms with van der Waals surface area (Å²) in [7, 11) is 0. The van der Waals surface area contributed by atoms with Gasteiger partial charge < -0.3 is 10.5 Å². The second-order valence-electron chi connectivity index (χ2n) is 2.55. The average molecular weight is 193 g/mol. The van der Waals surface area contributed by atoms with Gasteiger partial charge in [-0.25, -0.2) is 4.79 Å². The SMILES string of the molecule is N=COC(=O)Nc1ccc(CN)cc1. The molecule has 0 atom stereocenters. The van der Waals surface area contributed by atoms with Crippen LogP contribution in [0.15, 0.2) is 24.3 Å². The van der Waals surface area contributed by atoms with Gasteiger partial charge in [-0.1, -0.05) is 12.1 Å². The van der Waals surface area contributed by atoms with Crippen LogP contribution in [0.1, 0.15) is 5.56 Å². The van der Waals surface area contributed by atoms with E-state index in [0.717, 1.165) is 5.56 Å². The second-order valence-corrected chi connectivity index (χ2v) is 2.55. The van der Waals surface area contributed by atoms with E-state index in [1.165, 1.54) is 0 Å². The summed E-state index contributed by atoms with van der Waals surface area (Å²) in [6, 6.07) is 7.04. The van der Waals surface area contributed by atoms with Gasteiger partial charge in [0.25, 0.3) is 0 Å². The van der Waals surface area contributed by atoms with Crippen molar-refractivity contribution in [3.63, 3.8) is 0 Å². The molecule has 0 saturated heterocycles. The quantitative estimate of drug-likeness (QED) is 0.499. The lowest BCUT2D eigenvalue weighted by Crippen LogP contribution is -2.12. The molecule has 0 aliphatic carbocycles. The molecule has 1 rings (SSSR count). The van der Waals surface area contributed by atoms with Crippen LogP contribution in [0.2, 0.25) is 0 Å². The summed E-state index contributed by atoms with van der Waals surface area (Å²) in [5.41, 5.74) is 6.99. The third-order valence-electron chi connectivity index (χ3n) is 1.60. The molecule has 0 saturated carbocycles. The zero-order chi connectivity index (χ0) is 10.4. The number of hydrogen-bond acceptors (Lipinski definition) is 4. The summed E-state index contributed by atoms with van der Waals surface area (Å²) in [6.45, 7) is 0.464. The van der Waals surface area contributed by atoms with Crippen molar-refractivity contribution in [3.8, 4) is 0 Å². The fraction of sp³-hybridized carbons (Fsp3) is 0.111. The smallest absolute Gasteiger partial charge is 0.399 e. The molecular formula is C9H11N3O2. The maximum atomic E-state index is 10.9. The van der Waals surface area contributed by atoms with Gasteiger partial charge in [-0.05, 0) is 17.7 Å². The van der Waals surface area contributed by atoms with E-state index < -0.39 is 6.09 Å². The van der Waals surface area contributed by atoms with Gasteiger partial charge in [0.2, 0.25) is 0 Å². The number of carbonyl (C=O) groups is 1. The monoisotopic (exact) mass is 193 g/mol. The van der Waals surface area contributed by atoms with Crippen molar-refractivity contribution < 1.29 is 9.53 Å². The van der Waals surface area contributed by atoms with Crippen molar-refractivity contribution in [2.45, 2.75) is 6.54 Å². The molecule has 1 aromatic carbocycles. The van der Waals surface area contributed by atoms with E-state index in [-0.39, 0.29) is 0 Å². The largest absolute Gasteiger partial charge is 0.417 e. The summed E-state index contributed by atoms with van der Waals surface area (Å²) in [5, 5.41) is 8.98. The molecule has 0 bridgehead atoms. The van der Waals surface area contributed by atoms with Gasteiger partial charge in [0.05, 0.1) is 0 Å². The number of hydrogen-bond donors (Lipinski definition) is 3. The topological polar surface area (TPSA) is 88.2 Å². The van der Waals surface area contributed by atoms with Crippen LogP contribution >= 0.6 is 0 Å². The Morgan fingerprint density at radius 2 is 2.14 bits per heavy atom. The highest BCUT2D eigenvalue weighted by Crippen LogP contribution is 2.08. The van der Waals surface area contributed by atoms with Crippen LogP contribution in [0.4, 0.5) is 10.5 Å². The fourth-order valence-corrected chi connectivity index (χ4v) is 0.925. The maximum absolute atomic E-state index is 10.9. The number of benzene rings is 1. The molecule has 1 aromatic rings. The Labute approximate surface area is 81.4 Å². The van der Waals surface area contributed by atoms with Crippen LogP contribution in [0.3, 0.4) is 0 Å². The van der Waals surface area contributed by atoms with Crippen molar-refractivity contribution in [2.24, 2.45) is 5.73 Å². The van der Waals surface area contributed by atoms with Crippen LogP contribution in [0.25, 0.3) is 0 Å². The molecule has 5 heteroatoms. The van der Waals surface area contributed by atoms with Crippen molar-refractivity contribution in [2.75, 3.05) is 5.32 Å². The first-order valence-electron chi connectivity index (χ1n) is 4.02. The first-order chi connectivity index (χ1) is 6.76. The highest BCUT2D eigenvalue weighted by atomic mass is 16.5. The van der Waals surface area contributed by atoms with Crippen LogP contribution in [0.5, 0.6) is 0 Å². The van der Waals surface area contributed by atoms with Crippen LogP contribution in [-0.2, 0) is 11.3 Å². The zero-order valence-electron chi connectivity index (χ0n) is 7.49. The van der Waals surface area contributed by atoms with E-state index >= 15 is 0 Å². The summed E-state index contributed by atoms with van der Waals surface area (Å²) in [5.74, 6) is 0. The Bertz CT molecular complexity index is 321. The number of anilines is 1. The lowest BCUT2D eigenvalue weighted by atomic mass is 10.2. The molecule has 0 aliphatic heterocycles. The van der Waals surface area contributed by atoms with Crippen molar-refractivity contribution >= 4 is 18.2 Å². The van der Waals surface area contributed by atoms with Crippen molar-refractivity contribution in [1.82, 2.24) is 0 Å². The number of nitrogens with one attached hydrogen (secondary N) is 2. The number of amides is 1. The minimum absolute atomic E-state index is 0.464. The van der Waals surface area contributed by atoms with E-state index in [1.807, 2.05) is 0 Å². The third kappa shape index (κ3) is 2.87. The predicted molar refractivity (Wildman–Crippen MR) is 53.2 cm³/mol. The Hall–Kier alpha value is -1.88. The standard InChI is InChI=1S/C9H11N3O2/c10-5-7-1-3-8(4-2-7)12-9(13)14-6-11/h1-4,6,11H,5,10H2,(H,12,13). The van der Waals surface area contributed by atoms with Gasteiger partial charge in [-0.3, -0.25) is 10.7 Å².